The van der Waals surface area contributed by atoms with Gasteiger partial charge in [-0.15, -0.1) is 0 Å². The Morgan fingerprint density at radius 3 is 2.56 bits per heavy atom. The molecule has 0 aliphatic carbocycles. The molecule has 1 atom stereocenters. The number of rotatable bonds is 6. The number of benzene rings is 1. The number of hydrogen-bond donors (Lipinski definition) is 0. The van der Waals surface area contributed by atoms with Crippen molar-refractivity contribution in [2.75, 3.05) is 0 Å². The normalized spacial score (nSPS) is 12.2. The molecule has 0 radical (unpaired) electrons. The second-order valence-corrected chi connectivity index (χ2v) is 5.92. The van der Waals surface area contributed by atoms with Crippen LogP contribution in [0.15, 0.2) is 86.0 Å². The molecule has 124 valence electrons. The van der Waals surface area contributed by atoms with Crippen LogP contribution in [0.3, 0.4) is 0 Å². The second-order valence-electron chi connectivity index (χ2n) is 5.92. The Balaban J connectivity index is 1.70. The van der Waals surface area contributed by atoms with Crippen molar-refractivity contribution in [3.8, 4) is 11.4 Å². The fraction of sp³-hybridized carbons (Fsp3) is 0.150. The van der Waals surface area contributed by atoms with Crippen LogP contribution in [0.5, 0.6) is 0 Å². The number of pyridine rings is 1. The van der Waals surface area contributed by atoms with Crippen molar-refractivity contribution < 1.29 is 0 Å². The third-order valence-corrected chi connectivity index (χ3v) is 4.33. The van der Waals surface area contributed by atoms with Crippen molar-refractivity contribution in [1.82, 2.24) is 24.1 Å². The van der Waals surface area contributed by atoms with Gasteiger partial charge in [0.05, 0.1) is 12.4 Å². The number of hydrogen-bond acceptors (Lipinski definition) is 3. The van der Waals surface area contributed by atoms with Gasteiger partial charge in [0.2, 0.25) is 0 Å². The maximum atomic E-state index is 4.58. The molecule has 0 aliphatic heterocycles. The fourth-order valence-corrected chi connectivity index (χ4v) is 3.12. The topological polar surface area (TPSA) is 48.5 Å². The first-order valence-electron chi connectivity index (χ1n) is 8.36. The fourth-order valence-electron chi connectivity index (χ4n) is 3.12. The van der Waals surface area contributed by atoms with Crippen LogP contribution < -0.4 is 0 Å². The Kier molecular flexibility index (Phi) is 4.37. The number of aromatic nitrogens is 5. The van der Waals surface area contributed by atoms with Crippen molar-refractivity contribution in [3.05, 3.63) is 91.5 Å². The molecule has 0 saturated heterocycles. The van der Waals surface area contributed by atoms with E-state index in [4.69, 9.17) is 0 Å². The molecule has 3 aromatic heterocycles. The Morgan fingerprint density at radius 2 is 1.80 bits per heavy atom. The molecule has 0 bridgehead atoms. The zero-order valence-electron chi connectivity index (χ0n) is 13.8. The molecule has 4 rings (SSSR count). The van der Waals surface area contributed by atoms with E-state index in [2.05, 4.69) is 48.4 Å². The van der Waals surface area contributed by atoms with Crippen LogP contribution in [0.25, 0.3) is 11.4 Å². The highest BCUT2D eigenvalue weighted by atomic mass is 15.1. The number of imidazole rings is 2. The predicted octanol–water partition coefficient (Wildman–Crippen LogP) is 3.82. The summed E-state index contributed by atoms with van der Waals surface area (Å²) in [5.74, 6) is 0.938. The van der Waals surface area contributed by atoms with Gasteiger partial charge in [-0.2, -0.15) is 0 Å². The summed E-state index contributed by atoms with van der Waals surface area (Å²) in [6, 6.07) is 14.7. The van der Waals surface area contributed by atoms with Crippen LogP contribution in [0.1, 0.15) is 18.0 Å². The highest BCUT2D eigenvalue weighted by Crippen LogP contribution is 2.28. The van der Waals surface area contributed by atoms with Crippen LogP contribution in [-0.4, -0.2) is 24.1 Å². The average Bonchev–Trinajstić information content (AvgIpc) is 3.36. The first-order valence-corrected chi connectivity index (χ1v) is 8.36. The van der Waals surface area contributed by atoms with Gasteiger partial charge in [-0.05, 0) is 24.1 Å². The Labute approximate surface area is 146 Å². The Hall–Kier alpha value is -3.21. The summed E-state index contributed by atoms with van der Waals surface area (Å²) < 4.78 is 4.35. The van der Waals surface area contributed by atoms with Gasteiger partial charge >= 0.3 is 0 Å². The third kappa shape index (κ3) is 3.35. The maximum absolute atomic E-state index is 4.58. The minimum absolute atomic E-state index is 0.196. The first-order chi connectivity index (χ1) is 12.4. The molecular weight excluding hydrogens is 310 g/mol. The van der Waals surface area contributed by atoms with Crippen molar-refractivity contribution in [1.29, 1.82) is 0 Å². The van der Waals surface area contributed by atoms with E-state index in [0.29, 0.717) is 0 Å². The summed E-state index contributed by atoms with van der Waals surface area (Å²) in [5.41, 5.74) is 2.29. The molecule has 25 heavy (non-hydrogen) atoms. The molecular formula is C20H19N5. The van der Waals surface area contributed by atoms with Crippen molar-refractivity contribution in [3.63, 3.8) is 0 Å². The van der Waals surface area contributed by atoms with E-state index in [9.17, 15) is 0 Å². The Morgan fingerprint density at radius 1 is 0.880 bits per heavy atom. The highest BCUT2D eigenvalue weighted by Gasteiger charge is 2.18. The van der Waals surface area contributed by atoms with Gasteiger partial charge in [0.25, 0.3) is 0 Å². The quantitative estimate of drug-likeness (QED) is 0.540. The van der Waals surface area contributed by atoms with Gasteiger partial charge in [-0.1, -0.05) is 30.3 Å². The van der Waals surface area contributed by atoms with E-state index in [-0.39, 0.29) is 6.04 Å². The van der Waals surface area contributed by atoms with Gasteiger partial charge in [-0.25, -0.2) is 9.97 Å². The lowest BCUT2D eigenvalue weighted by Crippen LogP contribution is -2.14. The van der Waals surface area contributed by atoms with E-state index in [1.54, 1.807) is 6.20 Å². The summed E-state index contributed by atoms with van der Waals surface area (Å²) in [6.07, 6.45) is 14.2. The van der Waals surface area contributed by atoms with Crippen LogP contribution >= 0.6 is 0 Å². The van der Waals surface area contributed by atoms with Crippen LogP contribution in [-0.2, 0) is 6.54 Å². The number of nitrogens with zero attached hydrogens (tertiary/aromatic N) is 5. The molecule has 0 unspecified atom stereocenters. The van der Waals surface area contributed by atoms with Gasteiger partial charge in [0.15, 0.2) is 0 Å². The van der Waals surface area contributed by atoms with Crippen LogP contribution in [0.4, 0.5) is 0 Å². The molecule has 3 heterocycles. The number of aryl methyl sites for hydroxylation is 1. The summed E-state index contributed by atoms with van der Waals surface area (Å²) in [5, 5.41) is 0. The molecule has 0 fully saturated rings. The maximum Gasteiger partial charge on any atom is 0.142 e. The van der Waals surface area contributed by atoms with E-state index < -0.39 is 0 Å². The summed E-state index contributed by atoms with van der Waals surface area (Å²) in [6.45, 7) is 0.893. The molecule has 0 spiro atoms. The highest BCUT2D eigenvalue weighted by molar-refractivity contribution is 5.54. The molecule has 0 amide bonds. The van der Waals surface area contributed by atoms with E-state index in [1.807, 2.05) is 55.5 Å². The predicted molar refractivity (Wildman–Crippen MR) is 96.9 cm³/mol. The molecule has 0 saturated carbocycles. The van der Waals surface area contributed by atoms with E-state index >= 15 is 0 Å². The van der Waals surface area contributed by atoms with E-state index in [0.717, 1.165) is 24.4 Å². The van der Waals surface area contributed by atoms with Gasteiger partial charge in [-0.3, -0.25) is 4.98 Å². The second kappa shape index (κ2) is 7.13. The standard InChI is InChI=1S/C20H19N5/c1-2-5-17(6-3-1)19(8-12-24-13-10-22-16-24)25-14-11-23-20(25)18-7-4-9-21-15-18/h1-7,9-11,13-16,19H,8,12H2/t19-/m0/s1. The van der Waals surface area contributed by atoms with Crippen LogP contribution in [0.2, 0.25) is 0 Å². The van der Waals surface area contributed by atoms with Gasteiger partial charge in [0, 0.05) is 49.3 Å². The van der Waals surface area contributed by atoms with E-state index in [1.165, 1.54) is 5.56 Å². The Bertz CT molecular complexity index is 898. The molecule has 5 heteroatoms. The zero-order valence-corrected chi connectivity index (χ0v) is 13.8. The van der Waals surface area contributed by atoms with Gasteiger partial charge in [0.1, 0.15) is 5.82 Å². The smallest absolute Gasteiger partial charge is 0.142 e. The van der Waals surface area contributed by atoms with Gasteiger partial charge < -0.3 is 9.13 Å². The van der Waals surface area contributed by atoms with Crippen molar-refractivity contribution in [2.45, 2.75) is 19.0 Å². The molecule has 0 N–H and O–H groups in total. The SMILES string of the molecule is c1ccc([C@H](CCn2ccnc2)n2ccnc2-c2cccnc2)cc1. The molecule has 4 aromatic rings. The minimum Gasteiger partial charge on any atom is -0.337 e. The lowest BCUT2D eigenvalue weighted by molar-refractivity contribution is 0.494. The average molecular weight is 329 g/mol. The van der Waals surface area contributed by atoms with Crippen molar-refractivity contribution in [2.24, 2.45) is 0 Å². The van der Waals surface area contributed by atoms with Crippen molar-refractivity contribution >= 4 is 0 Å². The third-order valence-electron chi connectivity index (χ3n) is 4.33. The monoisotopic (exact) mass is 329 g/mol. The zero-order chi connectivity index (χ0) is 16.9. The van der Waals surface area contributed by atoms with Crippen LogP contribution in [0, 0.1) is 0 Å². The molecule has 1 aromatic carbocycles. The summed E-state index contributed by atoms with van der Waals surface area (Å²) >= 11 is 0. The lowest BCUT2D eigenvalue weighted by atomic mass is 10.0. The minimum atomic E-state index is 0.196. The first kappa shape index (κ1) is 15.3. The summed E-state index contributed by atoms with van der Waals surface area (Å²) in [7, 11) is 0. The molecule has 0 aliphatic rings. The molecule has 5 nitrogen and oxygen atoms in total. The summed E-state index contributed by atoms with van der Waals surface area (Å²) in [4.78, 5) is 13.0. The largest absolute Gasteiger partial charge is 0.337 e. The lowest BCUT2D eigenvalue weighted by Gasteiger charge is -2.22.